The van der Waals surface area contributed by atoms with E-state index in [4.69, 9.17) is 4.42 Å². The molecule has 18 heteroatoms. The molecule has 2 fully saturated rings. The summed E-state index contributed by atoms with van der Waals surface area (Å²) in [7, 11) is 0. The molecule has 252 valence electrons. The third-order valence-electron chi connectivity index (χ3n) is 9.08. The molecule has 0 radical (unpaired) electrons. The van der Waals surface area contributed by atoms with Gasteiger partial charge in [0.05, 0.1) is 29.5 Å². The molecule has 2 amide bonds. The van der Waals surface area contributed by atoms with Crippen LogP contribution in [0.25, 0.3) is 5.65 Å². The van der Waals surface area contributed by atoms with E-state index in [9.17, 15) is 31.5 Å². The van der Waals surface area contributed by atoms with Gasteiger partial charge in [0.1, 0.15) is 11.7 Å². The van der Waals surface area contributed by atoms with Gasteiger partial charge in [0.25, 0.3) is 5.91 Å². The maximum absolute atomic E-state index is 14.0. The molecule has 0 bridgehead atoms. The number of nitrogens with zero attached hydrogens (tertiary/aromatic N) is 7. The van der Waals surface area contributed by atoms with Crippen LogP contribution in [0.3, 0.4) is 0 Å². The van der Waals surface area contributed by atoms with E-state index < -0.39 is 53.8 Å². The van der Waals surface area contributed by atoms with Gasteiger partial charge in [0, 0.05) is 25.7 Å². The number of hydrogen-bond acceptors (Lipinski definition) is 10. The Labute approximate surface area is 264 Å². The highest BCUT2D eigenvalue weighted by Gasteiger charge is 2.56. The Morgan fingerprint density at radius 3 is 2.55 bits per heavy atom. The summed E-state index contributed by atoms with van der Waals surface area (Å²) in [6.07, 6.45) is -2.72. The summed E-state index contributed by atoms with van der Waals surface area (Å²) >= 11 is 0. The van der Waals surface area contributed by atoms with E-state index in [1.54, 1.807) is 26.1 Å². The predicted molar refractivity (Wildman–Crippen MR) is 150 cm³/mol. The van der Waals surface area contributed by atoms with Crippen molar-refractivity contribution in [2.75, 3.05) is 0 Å². The first-order valence-electron chi connectivity index (χ1n) is 15.1. The van der Waals surface area contributed by atoms with E-state index >= 15 is 0 Å². The fraction of sp³-hybridized carbons (Fsp3) is 0.586. The highest BCUT2D eigenvalue weighted by atomic mass is 19.4. The lowest BCUT2D eigenvalue weighted by Gasteiger charge is -2.33. The second-order valence-corrected chi connectivity index (χ2v) is 12.7. The minimum absolute atomic E-state index is 0.00530. The number of amides is 2. The minimum Gasteiger partial charge on any atom is -0.425 e. The van der Waals surface area contributed by atoms with Crippen LogP contribution in [0.2, 0.25) is 0 Å². The molecule has 1 saturated carbocycles. The molecule has 4 aromatic heterocycles. The van der Waals surface area contributed by atoms with Crippen LogP contribution in [0.15, 0.2) is 27.5 Å². The number of aryl methyl sites for hydroxylation is 2. The lowest BCUT2D eigenvalue weighted by atomic mass is 9.73. The standard InChI is InChI=1S/C29H32F5N9O4/c1-14(25-40-39-16(3)46-25)9-27(11-20(29(32,33)34)37-26(27)45)10-17-8-21-36-19(13-43(21)35-12-17)23(18-4-6-28(30,31)7-5-18)38-24(44)22-15(2)41-47-42-22/h8,12-14,18,20,23H,4-7,9-11H2,1-3H3,(H,37,45)(H,38,44)/t14-,20+,23+,27+/m1/s1. The molecule has 0 unspecified atom stereocenters. The zero-order chi connectivity index (χ0) is 33.7. The predicted octanol–water partition coefficient (Wildman–Crippen LogP) is 4.58. The van der Waals surface area contributed by atoms with Crippen LogP contribution >= 0.6 is 0 Å². The molecule has 1 saturated heterocycles. The average Bonchev–Trinajstić information content (AvgIpc) is 3.78. The first kappa shape index (κ1) is 32.4. The molecule has 47 heavy (non-hydrogen) atoms. The number of imidazole rings is 1. The second kappa shape index (κ2) is 11.9. The number of halogens is 5. The SMILES string of the molecule is Cc1nnc([C@H](C)C[C@]2(Cc3cnn4cc([C@@H](NC(=O)c5nonc5C)C5CCC(F)(F)CC5)nc4c3)C[C@@H](C(F)(F)F)NC2=O)o1. The van der Waals surface area contributed by atoms with Crippen molar-refractivity contribution in [2.45, 2.75) is 95.8 Å². The number of alkyl halides is 5. The summed E-state index contributed by atoms with van der Waals surface area (Å²) in [4.78, 5) is 31.0. The molecule has 6 rings (SSSR count). The van der Waals surface area contributed by atoms with Crippen molar-refractivity contribution >= 4 is 17.5 Å². The summed E-state index contributed by atoms with van der Waals surface area (Å²) in [5, 5.41) is 24.4. The van der Waals surface area contributed by atoms with Crippen molar-refractivity contribution in [3.05, 3.63) is 52.9 Å². The number of carbonyl (C=O) groups excluding carboxylic acids is 2. The minimum atomic E-state index is -4.65. The van der Waals surface area contributed by atoms with Crippen LogP contribution in [-0.2, 0) is 11.2 Å². The molecular weight excluding hydrogens is 633 g/mol. The van der Waals surface area contributed by atoms with Gasteiger partial charge in [-0.15, -0.1) is 10.2 Å². The van der Waals surface area contributed by atoms with Gasteiger partial charge in [0.2, 0.25) is 23.6 Å². The van der Waals surface area contributed by atoms with E-state index in [2.05, 4.69) is 45.9 Å². The molecule has 0 spiro atoms. The van der Waals surface area contributed by atoms with E-state index in [1.165, 1.54) is 17.6 Å². The normalized spacial score (nSPS) is 23.1. The van der Waals surface area contributed by atoms with Crippen LogP contribution in [-0.4, -0.2) is 65.1 Å². The molecule has 4 aromatic rings. The third kappa shape index (κ3) is 6.67. The van der Waals surface area contributed by atoms with Crippen LogP contribution in [0.5, 0.6) is 0 Å². The molecule has 5 heterocycles. The number of nitrogens with one attached hydrogen (secondary N) is 2. The van der Waals surface area contributed by atoms with Crippen molar-refractivity contribution in [2.24, 2.45) is 11.3 Å². The maximum atomic E-state index is 14.0. The van der Waals surface area contributed by atoms with Gasteiger partial charge in [-0.3, -0.25) is 9.59 Å². The second-order valence-electron chi connectivity index (χ2n) is 12.7. The topological polar surface area (TPSA) is 166 Å². The Kier molecular flexibility index (Phi) is 8.24. The lowest BCUT2D eigenvalue weighted by Crippen LogP contribution is -2.39. The quantitative estimate of drug-likeness (QED) is 0.242. The van der Waals surface area contributed by atoms with E-state index in [1.807, 2.05) is 0 Å². The zero-order valence-electron chi connectivity index (χ0n) is 25.6. The molecular formula is C29H32F5N9O4. The molecule has 0 aromatic carbocycles. The van der Waals surface area contributed by atoms with Gasteiger partial charge in [-0.05, 0) is 61.7 Å². The van der Waals surface area contributed by atoms with Gasteiger partial charge in [-0.1, -0.05) is 12.1 Å². The van der Waals surface area contributed by atoms with Gasteiger partial charge in [0.15, 0.2) is 11.3 Å². The molecule has 4 atom stereocenters. The maximum Gasteiger partial charge on any atom is 0.408 e. The summed E-state index contributed by atoms with van der Waals surface area (Å²) in [6.45, 7) is 4.83. The number of rotatable bonds is 9. The number of fused-ring (bicyclic) bond motifs is 1. The van der Waals surface area contributed by atoms with Gasteiger partial charge in [-0.25, -0.2) is 22.9 Å². The van der Waals surface area contributed by atoms with Crippen molar-refractivity contribution in [3.63, 3.8) is 0 Å². The van der Waals surface area contributed by atoms with Crippen LogP contribution < -0.4 is 10.6 Å². The largest absolute Gasteiger partial charge is 0.425 e. The Morgan fingerprint density at radius 1 is 1.19 bits per heavy atom. The third-order valence-corrected chi connectivity index (χ3v) is 9.08. The number of carbonyl (C=O) groups is 2. The highest BCUT2D eigenvalue weighted by Crippen LogP contribution is 2.46. The fourth-order valence-corrected chi connectivity index (χ4v) is 6.68. The summed E-state index contributed by atoms with van der Waals surface area (Å²) < 4.78 is 81.0. The molecule has 2 aliphatic rings. The van der Waals surface area contributed by atoms with Crippen molar-refractivity contribution < 1.29 is 40.6 Å². The Balaban J connectivity index is 1.30. The van der Waals surface area contributed by atoms with Crippen molar-refractivity contribution in [1.29, 1.82) is 0 Å². The van der Waals surface area contributed by atoms with Gasteiger partial charge in [-0.2, -0.15) is 18.3 Å². The van der Waals surface area contributed by atoms with E-state index in [-0.39, 0.29) is 61.7 Å². The Hall–Kier alpha value is -4.51. The molecule has 1 aliphatic heterocycles. The number of aromatic nitrogens is 7. The average molecular weight is 666 g/mol. The molecule has 1 aliphatic carbocycles. The molecule has 2 N–H and O–H groups in total. The Bertz CT molecular complexity index is 1780. The zero-order valence-corrected chi connectivity index (χ0v) is 25.6. The van der Waals surface area contributed by atoms with Crippen molar-refractivity contribution in [1.82, 2.24) is 45.7 Å². The van der Waals surface area contributed by atoms with Crippen LogP contribution in [0, 0.1) is 25.2 Å². The monoisotopic (exact) mass is 665 g/mol. The fourth-order valence-electron chi connectivity index (χ4n) is 6.68. The Morgan fingerprint density at radius 2 is 1.94 bits per heavy atom. The first-order valence-corrected chi connectivity index (χ1v) is 15.1. The first-order chi connectivity index (χ1) is 22.1. The van der Waals surface area contributed by atoms with Crippen LogP contribution in [0.4, 0.5) is 22.0 Å². The summed E-state index contributed by atoms with van der Waals surface area (Å²) in [5.41, 5.74) is -0.202. The summed E-state index contributed by atoms with van der Waals surface area (Å²) in [6, 6.07) is -1.22. The van der Waals surface area contributed by atoms with Crippen LogP contribution in [0.1, 0.15) is 96.6 Å². The highest BCUT2D eigenvalue weighted by molar-refractivity contribution is 5.93. The van der Waals surface area contributed by atoms with E-state index in [0.29, 0.717) is 22.8 Å². The van der Waals surface area contributed by atoms with E-state index in [0.717, 1.165) is 0 Å². The van der Waals surface area contributed by atoms with Gasteiger partial charge < -0.3 is 15.1 Å². The van der Waals surface area contributed by atoms with Crippen molar-refractivity contribution in [3.8, 4) is 0 Å². The van der Waals surface area contributed by atoms with Gasteiger partial charge >= 0.3 is 6.18 Å². The molecule has 13 nitrogen and oxygen atoms in total. The smallest absolute Gasteiger partial charge is 0.408 e. The lowest BCUT2D eigenvalue weighted by molar-refractivity contribution is -0.155. The summed E-state index contributed by atoms with van der Waals surface area (Å²) in [5.74, 6) is -4.58. The number of hydrogen-bond donors (Lipinski definition) is 2.